The number of aromatic hydroxyl groups is 1. The molecule has 0 atom stereocenters. The molecule has 1 N–H and O–H groups in total. The van der Waals surface area contributed by atoms with Gasteiger partial charge in [0, 0.05) is 0 Å². The Labute approximate surface area is 270 Å². The van der Waals surface area contributed by atoms with E-state index in [0.29, 0.717) is 43.7 Å². The molecule has 46 heavy (non-hydrogen) atoms. The Kier molecular flexibility index (Phi) is 11.7. The van der Waals surface area contributed by atoms with E-state index in [0.717, 1.165) is 0 Å². The summed E-state index contributed by atoms with van der Waals surface area (Å²) < 4.78 is 79.4. The smallest absolute Gasteiger partial charge is 0.206 e. The summed E-state index contributed by atoms with van der Waals surface area (Å²) in [6, 6.07) is 24.0. The van der Waals surface area contributed by atoms with Crippen molar-refractivity contribution in [2.75, 3.05) is 39.6 Å². The van der Waals surface area contributed by atoms with E-state index in [-0.39, 0.29) is 44.1 Å². The van der Waals surface area contributed by atoms with Crippen molar-refractivity contribution in [1.29, 1.82) is 0 Å². The minimum absolute atomic E-state index is 0.00724. The first-order chi connectivity index (χ1) is 21.8. The first-order valence-corrected chi connectivity index (χ1v) is 17.5. The standard InChI is InChI=1S/C34H38O10S2/c1-34(2,3)44-29-10-18-33(19-11-29)46(38,39)32-16-8-28(9-17-32)43-25-23-41-21-20-40-22-24-42-27-6-14-31(15-7-27)45(36,37)30-12-4-26(35)5-13-30/h4-19,35H,20-25H2,1-3H3. The molecule has 0 saturated carbocycles. The summed E-state index contributed by atoms with van der Waals surface area (Å²) in [7, 11) is -7.37. The van der Waals surface area contributed by atoms with Gasteiger partial charge in [0.2, 0.25) is 19.7 Å². The number of phenolic OH excluding ortho intramolecular Hbond substituents is 1. The van der Waals surface area contributed by atoms with Crippen molar-refractivity contribution in [3.63, 3.8) is 0 Å². The maximum Gasteiger partial charge on any atom is 0.206 e. The lowest BCUT2D eigenvalue weighted by molar-refractivity contribution is 0.0273. The number of ether oxygens (including phenoxy) is 5. The summed E-state index contributed by atoms with van der Waals surface area (Å²) in [6.45, 7) is 7.66. The summed E-state index contributed by atoms with van der Waals surface area (Å²) in [5.41, 5.74) is -0.378. The molecule has 0 bridgehead atoms. The van der Waals surface area contributed by atoms with Gasteiger partial charge in [0.1, 0.15) is 41.8 Å². The highest BCUT2D eigenvalue weighted by atomic mass is 32.2. The lowest BCUT2D eigenvalue weighted by atomic mass is 10.2. The third kappa shape index (κ3) is 9.95. The van der Waals surface area contributed by atoms with E-state index in [9.17, 15) is 21.9 Å². The topological polar surface area (TPSA) is 135 Å². The van der Waals surface area contributed by atoms with E-state index in [4.69, 9.17) is 23.7 Å². The van der Waals surface area contributed by atoms with Gasteiger partial charge in [-0.2, -0.15) is 0 Å². The minimum Gasteiger partial charge on any atom is -0.508 e. The van der Waals surface area contributed by atoms with E-state index < -0.39 is 19.7 Å². The molecule has 4 rings (SSSR count). The van der Waals surface area contributed by atoms with Crippen LogP contribution in [0.15, 0.2) is 117 Å². The van der Waals surface area contributed by atoms with Gasteiger partial charge in [0.05, 0.1) is 46.0 Å². The summed E-state index contributed by atoms with van der Waals surface area (Å²) in [4.78, 5) is 0.558. The van der Waals surface area contributed by atoms with Gasteiger partial charge in [-0.1, -0.05) is 0 Å². The van der Waals surface area contributed by atoms with E-state index in [1.165, 1.54) is 60.7 Å². The second-order valence-electron chi connectivity index (χ2n) is 11.1. The first-order valence-electron chi connectivity index (χ1n) is 14.5. The van der Waals surface area contributed by atoms with E-state index >= 15 is 0 Å². The van der Waals surface area contributed by atoms with Crippen molar-refractivity contribution in [2.24, 2.45) is 0 Å². The lowest BCUT2D eigenvalue weighted by Crippen LogP contribution is -2.22. The molecule has 4 aromatic rings. The third-order valence-corrected chi connectivity index (χ3v) is 9.91. The van der Waals surface area contributed by atoms with Crippen LogP contribution >= 0.6 is 0 Å². The summed E-state index contributed by atoms with van der Waals surface area (Å²) in [6.07, 6.45) is 0. The summed E-state index contributed by atoms with van der Waals surface area (Å²) in [5, 5.41) is 9.38. The van der Waals surface area contributed by atoms with Gasteiger partial charge in [-0.15, -0.1) is 0 Å². The summed E-state index contributed by atoms with van der Waals surface area (Å²) >= 11 is 0. The zero-order valence-corrected chi connectivity index (χ0v) is 27.6. The second-order valence-corrected chi connectivity index (χ2v) is 15.0. The van der Waals surface area contributed by atoms with Gasteiger partial charge in [-0.25, -0.2) is 16.8 Å². The molecule has 10 nitrogen and oxygen atoms in total. The van der Waals surface area contributed by atoms with Gasteiger partial charge < -0.3 is 28.8 Å². The number of benzene rings is 4. The predicted molar refractivity (Wildman–Crippen MR) is 171 cm³/mol. The van der Waals surface area contributed by atoms with Gasteiger partial charge in [-0.3, -0.25) is 0 Å². The van der Waals surface area contributed by atoms with Gasteiger partial charge >= 0.3 is 0 Å². The number of sulfone groups is 2. The Balaban J connectivity index is 1.09. The highest BCUT2D eigenvalue weighted by Crippen LogP contribution is 2.27. The molecule has 0 spiro atoms. The molecule has 0 aliphatic heterocycles. The highest BCUT2D eigenvalue weighted by molar-refractivity contribution is 7.91. The molecule has 0 amide bonds. The van der Waals surface area contributed by atoms with Crippen LogP contribution in [0.5, 0.6) is 23.0 Å². The van der Waals surface area contributed by atoms with Crippen molar-refractivity contribution in [3.8, 4) is 23.0 Å². The molecular weight excluding hydrogens is 632 g/mol. The normalized spacial score (nSPS) is 12.1. The molecule has 0 aliphatic rings. The number of phenols is 1. The van der Waals surface area contributed by atoms with Crippen molar-refractivity contribution in [3.05, 3.63) is 97.1 Å². The van der Waals surface area contributed by atoms with Crippen LogP contribution in [0.1, 0.15) is 20.8 Å². The van der Waals surface area contributed by atoms with E-state index in [1.807, 2.05) is 20.8 Å². The minimum atomic E-state index is -3.69. The fraction of sp³-hybridized carbons (Fsp3) is 0.294. The number of hydrogen-bond donors (Lipinski definition) is 1. The molecule has 246 valence electrons. The molecule has 0 fully saturated rings. The van der Waals surface area contributed by atoms with E-state index in [2.05, 4.69) is 0 Å². The molecule has 0 aliphatic carbocycles. The van der Waals surface area contributed by atoms with Crippen LogP contribution in [0.4, 0.5) is 0 Å². The quantitative estimate of drug-likeness (QED) is 0.147. The van der Waals surface area contributed by atoms with Crippen LogP contribution in [0, 0.1) is 0 Å². The van der Waals surface area contributed by atoms with Crippen LogP contribution in [-0.4, -0.2) is 67.2 Å². The lowest BCUT2D eigenvalue weighted by Gasteiger charge is -2.21. The summed E-state index contributed by atoms with van der Waals surface area (Å²) in [5.74, 6) is 1.62. The average Bonchev–Trinajstić information content (AvgIpc) is 3.02. The van der Waals surface area contributed by atoms with Crippen LogP contribution in [-0.2, 0) is 29.1 Å². The fourth-order valence-corrected chi connectivity index (χ4v) is 6.65. The van der Waals surface area contributed by atoms with Crippen molar-refractivity contribution >= 4 is 19.7 Å². The molecule has 0 saturated heterocycles. The Morgan fingerprint density at radius 2 is 0.783 bits per heavy atom. The van der Waals surface area contributed by atoms with E-state index in [1.54, 1.807) is 36.4 Å². The van der Waals surface area contributed by atoms with Gasteiger partial charge in [-0.05, 0) is 118 Å². The first kappa shape index (κ1) is 34.8. The zero-order chi connectivity index (χ0) is 33.2. The monoisotopic (exact) mass is 670 g/mol. The predicted octanol–water partition coefficient (Wildman–Crippen LogP) is 5.73. The zero-order valence-electron chi connectivity index (χ0n) is 25.9. The van der Waals surface area contributed by atoms with Crippen molar-refractivity contribution in [1.82, 2.24) is 0 Å². The molecule has 0 aromatic heterocycles. The van der Waals surface area contributed by atoms with Crippen molar-refractivity contribution in [2.45, 2.75) is 46.0 Å². The number of hydrogen-bond acceptors (Lipinski definition) is 10. The maximum absolute atomic E-state index is 13.0. The van der Waals surface area contributed by atoms with Crippen LogP contribution < -0.4 is 14.2 Å². The fourth-order valence-electron chi connectivity index (χ4n) is 4.13. The molecule has 12 heteroatoms. The Hall–Kier alpha value is -4.10. The molecule has 0 heterocycles. The second kappa shape index (κ2) is 15.5. The average molecular weight is 671 g/mol. The maximum atomic E-state index is 13.0. The Morgan fingerprint density at radius 1 is 0.478 bits per heavy atom. The van der Waals surface area contributed by atoms with Crippen LogP contribution in [0.3, 0.4) is 0 Å². The Morgan fingerprint density at radius 3 is 1.13 bits per heavy atom. The van der Waals surface area contributed by atoms with Crippen molar-refractivity contribution < 1.29 is 45.6 Å². The SMILES string of the molecule is CC(C)(C)Oc1ccc(S(=O)(=O)c2ccc(OCCOCCOCCOc3ccc(S(=O)(=O)c4ccc(O)cc4)cc3)cc2)cc1. The molecule has 0 unspecified atom stereocenters. The molecular formula is C34H38O10S2. The van der Waals surface area contributed by atoms with Gasteiger partial charge in [0.25, 0.3) is 0 Å². The van der Waals surface area contributed by atoms with Gasteiger partial charge in [0.15, 0.2) is 0 Å². The number of rotatable bonds is 16. The highest BCUT2D eigenvalue weighted by Gasteiger charge is 2.19. The van der Waals surface area contributed by atoms with Crippen LogP contribution in [0.25, 0.3) is 0 Å². The molecule has 4 aromatic carbocycles. The molecule has 0 radical (unpaired) electrons. The van der Waals surface area contributed by atoms with Crippen LogP contribution in [0.2, 0.25) is 0 Å². The third-order valence-electron chi connectivity index (χ3n) is 6.34. The largest absolute Gasteiger partial charge is 0.508 e. The Bertz CT molecular complexity index is 1740.